The van der Waals surface area contributed by atoms with E-state index in [0.29, 0.717) is 6.61 Å². The van der Waals surface area contributed by atoms with Crippen LogP contribution in [0, 0.1) is 0 Å². The first-order chi connectivity index (χ1) is 10.4. The van der Waals surface area contributed by atoms with Crippen LogP contribution in [0.2, 0.25) is 0 Å². The van der Waals surface area contributed by atoms with Crippen molar-refractivity contribution in [2.75, 3.05) is 45.2 Å². The van der Waals surface area contributed by atoms with Crippen molar-refractivity contribution in [2.45, 2.75) is 19.8 Å². The van der Waals surface area contributed by atoms with Gasteiger partial charge in [0.25, 0.3) is 0 Å². The summed E-state index contributed by atoms with van der Waals surface area (Å²) in [4.78, 5) is 8.75. The number of nitrogens with one attached hydrogen (secondary N) is 3. The molecule has 1 aromatic heterocycles. The molecule has 1 aromatic rings. The summed E-state index contributed by atoms with van der Waals surface area (Å²) in [5.74, 6) is 1.78. The maximum atomic E-state index is 5.01. The number of methoxy groups -OCH3 is 1. The minimum absolute atomic E-state index is 0. The fourth-order valence-electron chi connectivity index (χ4n) is 1.72. The molecule has 0 radical (unpaired) electrons. The van der Waals surface area contributed by atoms with Gasteiger partial charge in [0.2, 0.25) is 0 Å². The number of guanidine groups is 1. The van der Waals surface area contributed by atoms with Crippen LogP contribution in [-0.4, -0.2) is 50.8 Å². The zero-order chi connectivity index (χ0) is 15.2. The third-order valence-electron chi connectivity index (χ3n) is 2.77. The third kappa shape index (κ3) is 10.6. The standard InChI is InChI=1S/C15H27N5O.HI/c1-3-16-15(20-12-13-21-2)19-11-7-6-10-18-14-8-4-5-9-17-14;/h4-5,8-9H,3,6-7,10-13H2,1-2H3,(H,17,18)(H2,16,19,20);1H. The highest BCUT2D eigenvalue weighted by molar-refractivity contribution is 14.0. The summed E-state index contributed by atoms with van der Waals surface area (Å²) in [7, 11) is 1.69. The predicted octanol–water partition coefficient (Wildman–Crippen LogP) is 2.09. The molecule has 0 aliphatic rings. The van der Waals surface area contributed by atoms with Gasteiger partial charge in [0.05, 0.1) is 6.61 Å². The summed E-state index contributed by atoms with van der Waals surface area (Å²) >= 11 is 0. The molecule has 0 spiro atoms. The van der Waals surface area contributed by atoms with Gasteiger partial charge in [-0.2, -0.15) is 0 Å². The molecule has 0 atom stereocenters. The van der Waals surface area contributed by atoms with E-state index in [2.05, 4.69) is 32.9 Å². The summed E-state index contributed by atoms with van der Waals surface area (Å²) in [6.45, 7) is 6.10. The molecule has 0 saturated carbocycles. The van der Waals surface area contributed by atoms with Crippen LogP contribution in [0.5, 0.6) is 0 Å². The number of ether oxygens (including phenoxy) is 1. The Balaban J connectivity index is 0.00000441. The van der Waals surface area contributed by atoms with E-state index in [9.17, 15) is 0 Å². The minimum atomic E-state index is 0. The Labute approximate surface area is 150 Å². The number of aliphatic imine (C=N–C) groups is 1. The van der Waals surface area contributed by atoms with Crippen LogP contribution in [0.4, 0.5) is 5.82 Å². The van der Waals surface area contributed by atoms with E-state index in [-0.39, 0.29) is 24.0 Å². The first-order valence-electron chi connectivity index (χ1n) is 7.53. The molecular formula is C15H28IN5O. The Kier molecular flexibility index (Phi) is 14.1. The average molecular weight is 421 g/mol. The lowest BCUT2D eigenvalue weighted by atomic mass is 10.3. The molecule has 0 bridgehead atoms. The molecule has 1 heterocycles. The molecule has 22 heavy (non-hydrogen) atoms. The van der Waals surface area contributed by atoms with E-state index >= 15 is 0 Å². The second-order valence-electron chi connectivity index (χ2n) is 4.53. The fraction of sp³-hybridized carbons (Fsp3) is 0.600. The van der Waals surface area contributed by atoms with Gasteiger partial charge in [-0.3, -0.25) is 4.99 Å². The molecule has 126 valence electrons. The number of nitrogens with zero attached hydrogens (tertiary/aromatic N) is 2. The van der Waals surface area contributed by atoms with Gasteiger partial charge in [-0.05, 0) is 31.9 Å². The maximum Gasteiger partial charge on any atom is 0.191 e. The summed E-state index contributed by atoms with van der Waals surface area (Å²) in [6.07, 6.45) is 3.90. The van der Waals surface area contributed by atoms with Crippen molar-refractivity contribution in [1.82, 2.24) is 15.6 Å². The second-order valence-corrected chi connectivity index (χ2v) is 4.53. The summed E-state index contributed by atoms with van der Waals surface area (Å²) in [6, 6.07) is 5.87. The number of anilines is 1. The van der Waals surface area contributed by atoms with Gasteiger partial charge in [-0.25, -0.2) is 4.98 Å². The minimum Gasteiger partial charge on any atom is -0.383 e. The molecular weight excluding hydrogens is 393 g/mol. The number of pyridine rings is 1. The van der Waals surface area contributed by atoms with Gasteiger partial charge in [0.15, 0.2) is 5.96 Å². The highest BCUT2D eigenvalue weighted by Crippen LogP contribution is 2.00. The van der Waals surface area contributed by atoms with Crippen molar-refractivity contribution in [3.63, 3.8) is 0 Å². The number of halogens is 1. The number of unbranched alkanes of at least 4 members (excludes halogenated alkanes) is 1. The van der Waals surface area contributed by atoms with Gasteiger partial charge in [0.1, 0.15) is 5.82 Å². The number of aromatic nitrogens is 1. The van der Waals surface area contributed by atoms with E-state index in [0.717, 1.165) is 50.8 Å². The third-order valence-corrected chi connectivity index (χ3v) is 2.77. The lowest BCUT2D eigenvalue weighted by Crippen LogP contribution is -2.39. The fourth-order valence-corrected chi connectivity index (χ4v) is 1.72. The van der Waals surface area contributed by atoms with Crippen molar-refractivity contribution in [3.05, 3.63) is 24.4 Å². The van der Waals surface area contributed by atoms with Gasteiger partial charge < -0.3 is 20.7 Å². The first-order valence-corrected chi connectivity index (χ1v) is 7.53. The van der Waals surface area contributed by atoms with Crippen LogP contribution < -0.4 is 16.0 Å². The molecule has 0 amide bonds. The van der Waals surface area contributed by atoms with Crippen LogP contribution in [0.3, 0.4) is 0 Å². The van der Waals surface area contributed by atoms with Crippen LogP contribution >= 0.6 is 24.0 Å². The predicted molar refractivity (Wildman–Crippen MR) is 103 cm³/mol. The monoisotopic (exact) mass is 421 g/mol. The molecule has 1 rings (SSSR count). The highest BCUT2D eigenvalue weighted by Gasteiger charge is 1.96. The topological polar surface area (TPSA) is 70.6 Å². The van der Waals surface area contributed by atoms with Gasteiger partial charge in [-0.1, -0.05) is 6.07 Å². The molecule has 0 aliphatic heterocycles. The lowest BCUT2D eigenvalue weighted by Gasteiger charge is -2.10. The van der Waals surface area contributed by atoms with Gasteiger partial charge in [-0.15, -0.1) is 24.0 Å². The van der Waals surface area contributed by atoms with Crippen molar-refractivity contribution >= 4 is 35.8 Å². The molecule has 3 N–H and O–H groups in total. The lowest BCUT2D eigenvalue weighted by molar-refractivity contribution is 0.203. The molecule has 0 saturated heterocycles. The number of rotatable bonds is 10. The smallest absolute Gasteiger partial charge is 0.191 e. The summed E-state index contributed by atoms with van der Waals surface area (Å²) in [5, 5.41) is 9.74. The van der Waals surface area contributed by atoms with Crippen LogP contribution in [-0.2, 0) is 4.74 Å². The molecule has 0 aliphatic carbocycles. The Morgan fingerprint density at radius 1 is 1.23 bits per heavy atom. The van der Waals surface area contributed by atoms with Crippen molar-refractivity contribution in [3.8, 4) is 0 Å². The maximum absolute atomic E-state index is 5.01. The van der Waals surface area contributed by atoms with Crippen LogP contribution in [0.15, 0.2) is 29.4 Å². The Morgan fingerprint density at radius 3 is 2.77 bits per heavy atom. The SMILES string of the molecule is CCNC(=NCCCCNc1ccccn1)NCCOC.I. The normalized spacial score (nSPS) is 10.7. The zero-order valence-corrected chi connectivity index (χ0v) is 15.8. The number of hydrogen-bond donors (Lipinski definition) is 3. The highest BCUT2D eigenvalue weighted by atomic mass is 127. The first kappa shape index (κ1) is 20.9. The second kappa shape index (κ2) is 14.8. The van der Waals surface area contributed by atoms with E-state index in [1.54, 1.807) is 13.3 Å². The number of hydrogen-bond acceptors (Lipinski definition) is 4. The van der Waals surface area contributed by atoms with E-state index in [4.69, 9.17) is 4.74 Å². The molecule has 6 nitrogen and oxygen atoms in total. The molecule has 0 fully saturated rings. The Bertz CT molecular complexity index is 389. The van der Waals surface area contributed by atoms with Crippen LogP contribution in [0.1, 0.15) is 19.8 Å². The van der Waals surface area contributed by atoms with E-state index in [1.165, 1.54) is 0 Å². The zero-order valence-electron chi connectivity index (χ0n) is 13.5. The van der Waals surface area contributed by atoms with Crippen molar-refractivity contribution < 1.29 is 4.74 Å². The van der Waals surface area contributed by atoms with Gasteiger partial charge >= 0.3 is 0 Å². The molecule has 0 unspecified atom stereocenters. The Morgan fingerprint density at radius 2 is 2.09 bits per heavy atom. The average Bonchev–Trinajstić information content (AvgIpc) is 2.52. The summed E-state index contributed by atoms with van der Waals surface area (Å²) in [5.41, 5.74) is 0. The largest absolute Gasteiger partial charge is 0.383 e. The van der Waals surface area contributed by atoms with Crippen molar-refractivity contribution in [1.29, 1.82) is 0 Å². The molecule has 0 aromatic carbocycles. The van der Waals surface area contributed by atoms with Gasteiger partial charge in [0, 0.05) is 39.5 Å². The van der Waals surface area contributed by atoms with E-state index < -0.39 is 0 Å². The van der Waals surface area contributed by atoms with Crippen LogP contribution in [0.25, 0.3) is 0 Å². The summed E-state index contributed by atoms with van der Waals surface area (Å²) < 4.78 is 5.01. The quantitative estimate of drug-likeness (QED) is 0.234. The van der Waals surface area contributed by atoms with E-state index in [1.807, 2.05) is 18.2 Å². The van der Waals surface area contributed by atoms with Crippen molar-refractivity contribution in [2.24, 2.45) is 4.99 Å². The Hall–Kier alpha value is -1.09. The molecule has 7 heteroatoms.